The molecule has 0 unspecified atom stereocenters. The number of hydrogen-bond acceptors (Lipinski definition) is 2. The molecule has 1 aromatic heterocycles. The summed E-state index contributed by atoms with van der Waals surface area (Å²) in [4.78, 5) is 12.7. The highest BCUT2D eigenvalue weighted by atomic mass is 35.5. The van der Waals surface area contributed by atoms with E-state index in [1.54, 1.807) is 24.3 Å². The molecule has 0 radical (unpaired) electrons. The van der Waals surface area contributed by atoms with Gasteiger partial charge in [-0.1, -0.05) is 55.6 Å². The van der Waals surface area contributed by atoms with Crippen LogP contribution in [0.5, 0.6) is 0 Å². The first-order chi connectivity index (χ1) is 13.1. The van der Waals surface area contributed by atoms with Gasteiger partial charge in [-0.2, -0.15) is 5.10 Å². The van der Waals surface area contributed by atoms with Gasteiger partial charge in [0.25, 0.3) is 5.91 Å². The Morgan fingerprint density at radius 2 is 1.68 bits per heavy atom. The number of amides is 1. The molecule has 0 fully saturated rings. The monoisotopic (exact) mass is 439 g/mol. The second-order valence-corrected chi connectivity index (χ2v) is 8.53. The summed E-state index contributed by atoms with van der Waals surface area (Å²) < 4.78 is 15.6. The normalized spacial score (nSPS) is 11.5. The molecule has 0 saturated heterocycles. The van der Waals surface area contributed by atoms with Crippen LogP contribution in [-0.2, 0) is 5.41 Å². The zero-order valence-electron chi connectivity index (χ0n) is 15.4. The maximum atomic E-state index is 14.1. The van der Waals surface area contributed by atoms with Crippen LogP contribution < -0.4 is 5.32 Å². The van der Waals surface area contributed by atoms with Gasteiger partial charge in [0, 0.05) is 21.5 Å². The van der Waals surface area contributed by atoms with Gasteiger partial charge in [0.15, 0.2) is 0 Å². The lowest BCUT2D eigenvalue weighted by atomic mass is 9.92. The summed E-state index contributed by atoms with van der Waals surface area (Å²) >= 11 is 18.3. The van der Waals surface area contributed by atoms with Crippen LogP contribution in [0, 0.1) is 5.82 Å². The van der Waals surface area contributed by atoms with Crippen LogP contribution in [-0.4, -0.2) is 15.7 Å². The number of anilines is 1. The predicted molar refractivity (Wildman–Crippen MR) is 112 cm³/mol. The fourth-order valence-electron chi connectivity index (χ4n) is 2.52. The maximum Gasteiger partial charge on any atom is 0.259 e. The van der Waals surface area contributed by atoms with Gasteiger partial charge in [-0.15, -0.1) is 0 Å². The van der Waals surface area contributed by atoms with Crippen molar-refractivity contribution in [1.29, 1.82) is 0 Å². The topological polar surface area (TPSA) is 46.9 Å². The number of nitrogens with zero attached hydrogens (tertiary/aromatic N) is 2. The van der Waals surface area contributed by atoms with Crippen molar-refractivity contribution in [2.45, 2.75) is 26.2 Å². The van der Waals surface area contributed by atoms with E-state index >= 15 is 0 Å². The molecule has 0 saturated carbocycles. The van der Waals surface area contributed by atoms with E-state index in [2.05, 4.69) is 10.4 Å². The van der Waals surface area contributed by atoms with Crippen LogP contribution in [0.4, 0.5) is 10.2 Å². The zero-order chi connectivity index (χ0) is 20.6. The van der Waals surface area contributed by atoms with Gasteiger partial charge in [0.2, 0.25) is 0 Å². The molecule has 1 amide bonds. The molecule has 0 spiro atoms. The number of carbonyl (C=O) groups excluding carboxylic acids is 1. The minimum absolute atomic E-state index is 0.172. The average Bonchev–Trinajstić information content (AvgIpc) is 3.03. The number of benzene rings is 2. The molecule has 4 nitrogen and oxygen atoms in total. The minimum Gasteiger partial charge on any atom is -0.306 e. The SMILES string of the molecule is CC(C)(C)c1cc(NC(=O)c2cc(Cl)ccc2F)n(-c2cc(Cl)ccc2Cl)n1. The van der Waals surface area contributed by atoms with Gasteiger partial charge < -0.3 is 5.32 Å². The van der Waals surface area contributed by atoms with Crippen LogP contribution in [0.2, 0.25) is 15.1 Å². The Hall–Kier alpha value is -2.08. The molecule has 0 aliphatic rings. The van der Waals surface area contributed by atoms with E-state index in [0.29, 0.717) is 27.2 Å². The summed E-state index contributed by atoms with van der Waals surface area (Å²) in [6.45, 7) is 5.96. The van der Waals surface area contributed by atoms with Crippen molar-refractivity contribution in [3.8, 4) is 5.69 Å². The molecule has 2 aromatic carbocycles. The highest BCUT2D eigenvalue weighted by molar-refractivity contribution is 6.34. The standard InChI is InChI=1S/C20H17Cl3FN3O/c1-20(2,3)17-10-18(25-19(28)13-8-11(21)5-7-15(13)24)27(26-17)16-9-12(22)4-6-14(16)23/h4-10H,1-3H3,(H,25,28). The second kappa shape index (κ2) is 7.74. The third-order valence-corrected chi connectivity index (χ3v) is 4.82. The van der Waals surface area contributed by atoms with Crippen molar-refractivity contribution >= 4 is 46.5 Å². The lowest BCUT2D eigenvalue weighted by Gasteiger charge is -2.14. The number of hydrogen-bond donors (Lipinski definition) is 1. The molecular formula is C20H17Cl3FN3O. The summed E-state index contributed by atoms with van der Waals surface area (Å²) in [6, 6.07) is 10.4. The third kappa shape index (κ3) is 4.32. The van der Waals surface area contributed by atoms with Gasteiger partial charge in [0.1, 0.15) is 11.6 Å². The molecule has 0 aliphatic heterocycles. The Labute approximate surface area is 177 Å². The highest BCUT2D eigenvalue weighted by Crippen LogP contribution is 2.31. The Morgan fingerprint density at radius 3 is 2.36 bits per heavy atom. The molecule has 146 valence electrons. The molecule has 3 aromatic rings. The van der Waals surface area contributed by atoms with Crippen molar-refractivity contribution in [2.75, 3.05) is 5.32 Å². The van der Waals surface area contributed by atoms with Crippen molar-refractivity contribution < 1.29 is 9.18 Å². The van der Waals surface area contributed by atoms with E-state index in [1.165, 1.54) is 16.8 Å². The minimum atomic E-state index is -0.676. The average molecular weight is 441 g/mol. The Bertz CT molecular complexity index is 1060. The van der Waals surface area contributed by atoms with E-state index in [9.17, 15) is 9.18 Å². The maximum absolute atomic E-state index is 14.1. The van der Waals surface area contributed by atoms with Crippen LogP contribution in [0.15, 0.2) is 42.5 Å². The number of halogens is 4. The van der Waals surface area contributed by atoms with Gasteiger partial charge in [-0.25, -0.2) is 9.07 Å². The van der Waals surface area contributed by atoms with Crippen LogP contribution in [0.25, 0.3) is 5.69 Å². The van der Waals surface area contributed by atoms with Crippen molar-refractivity contribution in [3.05, 3.63) is 74.6 Å². The molecular weight excluding hydrogens is 424 g/mol. The second-order valence-electron chi connectivity index (χ2n) is 7.25. The fraction of sp³-hybridized carbons (Fsp3) is 0.200. The van der Waals surface area contributed by atoms with E-state index < -0.39 is 11.7 Å². The molecule has 0 atom stereocenters. The van der Waals surface area contributed by atoms with Crippen LogP contribution >= 0.6 is 34.8 Å². The zero-order valence-corrected chi connectivity index (χ0v) is 17.6. The largest absolute Gasteiger partial charge is 0.306 e. The molecule has 3 rings (SSSR count). The Kier molecular flexibility index (Phi) is 5.71. The first kappa shape index (κ1) is 20.6. The summed E-state index contributed by atoms with van der Waals surface area (Å²) in [6.07, 6.45) is 0. The van der Waals surface area contributed by atoms with E-state index in [-0.39, 0.29) is 16.0 Å². The highest BCUT2D eigenvalue weighted by Gasteiger charge is 2.23. The molecule has 1 heterocycles. The van der Waals surface area contributed by atoms with Crippen molar-refractivity contribution in [2.24, 2.45) is 0 Å². The number of nitrogens with one attached hydrogen (secondary N) is 1. The lowest BCUT2D eigenvalue weighted by Crippen LogP contribution is -2.16. The molecule has 8 heteroatoms. The van der Waals surface area contributed by atoms with E-state index in [0.717, 1.165) is 6.07 Å². The summed E-state index contributed by atoms with van der Waals surface area (Å²) in [7, 11) is 0. The predicted octanol–water partition coefficient (Wildman–Crippen LogP) is 6.52. The smallest absolute Gasteiger partial charge is 0.259 e. The van der Waals surface area contributed by atoms with E-state index in [1.807, 2.05) is 20.8 Å². The molecule has 28 heavy (non-hydrogen) atoms. The molecule has 0 bridgehead atoms. The van der Waals surface area contributed by atoms with Crippen molar-refractivity contribution in [3.63, 3.8) is 0 Å². The van der Waals surface area contributed by atoms with Crippen LogP contribution in [0.1, 0.15) is 36.8 Å². The van der Waals surface area contributed by atoms with Crippen molar-refractivity contribution in [1.82, 2.24) is 9.78 Å². The van der Waals surface area contributed by atoms with Crippen LogP contribution in [0.3, 0.4) is 0 Å². The van der Waals surface area contributed by atoms with Gasteiger partial charge in [-0.3, -0.25) is 4.79 Å². The molecule has 0 aliphatic carbocycles. The Balaban J connectivity index is 2.09. The van der Waals surface area contributed by atoms with E-state index in [4.69, 9.17) is 34.8 Å². The number of rotatable bonds is 3. The first-order valence-corrected chi connectivity index (χ1v) is 9.52. The number of aromatic nitrogens is 2. The third-order valence-electron chi connectivity index (χ3n) is 4.03. The van der Waals surface area contributed by atoms with Gasteiger partial charge in [-0.05, 0) is 36.4 Å². The van der Waals surface area contributed by atoms with Gasteiger partial charge in [0.05, 0.1) is 22.0 Å². The summed E-state index contributed by atoms with van der Waals surface area (Å²) in [5.41, 5.74) is 0.739. The first-order valence-electron chi connectivity index (χ1n) is 8.38. The summed E-state index contributed by atoms with van der Waals surface area (Å²) in [5.74, 6) is -0.997. The Morgan fingerprint density at radius 1 is 1.04 bits per heavy atom. The quantitative estimate of drug-likeness (QED) is 0.504. The summed E-state index contributed by atoms with van der Waals surface area (Å²) in [5, 5.41) is 8.39. The number of carbonyl (C=O) groups is 1. The van der Waals surface area contributed by atoms with Gasteiger partial charge >= 0.3 is 0 Å². The lowest BCUT2D eigenvalue weighted by molar-refractivity contribution is 0.102. The molecule has 1 N–H and O–H groups in total. The fourth-order valence-corrected chi connectivity index (χ4v) is 3.06.